The standard InChI is InChI=1S/C20H24N2O4S2.C2HF3O2/c23-19-12-18(28(25,26)21-19)17-7-6-16(27-17)14-22-10-8-20(24,9-11-22)13-15-4-2-1-3-5-15;3-2(4,5)1(6)7/h1-7,18,24H,8-14H2,(H,21,23);(H,6,7). The maximum Gasteiger partial charge on any atom is 0.490 e. The molecule has 0 aliphatic carbocycles. The zero-order chi connectivity index (χ0) is 25.9. The molecule has 1 aromatic carbocycles. The van der Waals surface area contributed by atoms with Crippen molar-refractivity contribution in [1.29, 1.82) is 0 Å². The molecule has 3 heterocycles. The number of hydrogen-bond donors (Lipinski definition) is 3. The Morgan fingerprint density at radius 1 is 1.14 bits per heavy atom. The number of benzene rings is 1. The summed E-state index contributed by atoms with van der Waals surface area (Å²) in [5, 5.41) is 17.3. The first kappa shape index (κ1) is 27.1. The number of carboxylic acid groups (broad SMARTS) is 1. The van der Waals surface area contributed by atoms with Gasteiger partial charge >= 0.3 is 12.1 Å². The molecular weight excluding hydrogens is 509 g/mol. The minimum absolute atomic E-state index is 0.00147. The lowest BCUT2D eigenvalue weighted by molar-refractivity contribution is -0.192. The molecule has 0 saturated carbocycles. The summed E-state index contributed by atoms with van der Waals surface area (Å²) in [5.74, 6) is -3.19. The van der Waals surface area contributed by atoms with Crippen molar-refractivity contribution in [3.63, 3.8) is 0 Å². The quantitative estimate of drug-likeness (QED) is 0.539. The van der Waals surface area contributed by atoms with Crippen LogP contribution in [0.15, 0.2) is 42.5 Å². The van der Waals surface area contributed by atoms with Crippen LogP contribution < -0.4 is 4.72 Å². The van der Waals surface area contributed by atoms with Crippen molar-refractivity contribution < 1.29 is 41.4 Å². The van der Waals surface area contributed by atoms with Gasteiger partial charge in [0, 0.05) is 35.8 Å². The zero-order valence-corrected chi connectivity index (χ0v) is 20.1. The molecule has 4 rings (SSSR count). The number of alkyl halides is 3. The lowest BCUT2D eigenvalue weighted by Gasteiger charge is -2.38. The molecule has 2 saturated heterocycles. The average molecular weight is 535 g/mol. The summed E-state index contributed by atoms with van der Waals surface area (Å²) in [6, 6.07) is 13.8. The second-order valence-corrected chi connectivity index (χ2v) is 11.6. The maximum atomic E-state index is 12.0. The van der Waals surface area contributed by atoms with Crippen LogP contribution in [0.5, 0.6) is 0 Å². The molecule has 35 heavy (non-hydrogen) atoms. The smallest absolute Gasteiger partial charge is 0.475 e. The fourth-order valence-electron chi connectivity index (χ4n) is 3.96. The summed E-state index contributed by atoms with van der Waals surface area (Å²) >= 11 is 1.46. The highest BCUT2D eigenvalue weighted by Gasteiger charge is 2.39. The van der Waals surface area contributed by atoms with E-state index in [1.807, 2.05) is 42.5 Å². The molecule has 2 aliphatic rings. The first-order valence-corrected chi connectivity index (χ1v) is 13.1. The van der Waals surface area contributed by atoms with Gasteiger partial charge in [0.25, 0.3) is 0 Å². The summed E-state index contributed by atoms with van der Waals surface area (Å²) < 4.78 is 57.9. The van der Waals surface area contributed by atoms with Crippen molar-refractivity contribution in [2.45, 2.75) is 49.3 Å². The second-order valence-electron chi connectivity index (χ2n) is 8.53. The predicted octanol–water partition coefficient (Wildman–Crippen LogP) is 2.84. The van der Waals surface area contributed by atoms with E-state index >= 15 is 0 Å². The number of thiophene rings is 1. The van der Waals surface area contributed by atoms with Gasteiger partial charge in [0.15, 0.2) is 0 Å². The normalized spacial score (nSPS) is 21.6. The van der Waals surface area contributed by atoms with Crippen LogP contribution in [0.2, 0.25) is 0 Å². The molecule has 3 N–H and O–H groups in total. The lowest BCUT2D eigenvalue weighted by Crippen LogP contribution is -2.45. The van der Waals surface area contributed by atoms with E-state index in [1.165, 1.54) is 11.3 Å². The summed E-state index contributed by atoms with van der Waals surface area (Å²) in [5.41, 5.74) is 0.491. The first-order valence-electron chi connectivity index (χ1n) is 10.7. The van der Waals surface area contributed by atoms with Crippen molar-refractivity contribution in [3.8, 4) is 0 Å². The molecule has 0 radical (unpaired) electrons. The number of carboxylic acids is 1. The third-order valence-corrected chi connectivity index (χ3v) is 8.80. The summed E-state index contributed by atoms with van der Waals surface area (Å²) in [6.45, 7) is 2.34. The third-order valence-electron chi connectivity index (χ3n) is 5.79. The largest absolute Gasteiger partial charge is 0.490 e. The summed E-state index contributed by atoms with van der Waals surface area (Å²) in [7, 11) is -3.59. The summed E-state index contributed by atoms with van der Waals surface area (Å²) in [6.07, 6.45) is -2.98. The number of carbonyl (C=O) groups is 2. The van der Waals surface area contributed by atoms with Gasteiger partial charge in [-0.1, -0.05) is 30.3 Å². The Morgan fingerprint density at radius 3 is 2.26 bits per heavy atom. The lowest BCUT2D eigenvalue weighted by atomic mass is 9.85. The molecule has 2 fully saturated rings. The minimum Gasteiger partial charge on any atom is -0.475 e. The number of aliphatic hydroxyl groups is 1. The number of nitrogens with zero attached hydrogens (tertiary/aromatic N) is 1. The van der Waals surface area contributed by atoms with E-state index in [0.717, 1.165) is 42.9 Å². The van der Waals surface area contributed by atoms with Crippen LogP contribution in [0.25, 0.3) is 0 Å². The molecule has 0 spiro atoms. The van der Waals surface area contributed by atoms with Gasteiger partial charge in [-0.05, 0) is 30.5 Å². The number of likely N-dealkylation sites (tertiary alicyclic amines) is 1. The van der Waals surface area contributed by atoms with Gasteiger partial charge in [0.2, 0.25) is 15.9 Å². The van der Waals surface area contributed by atoms with Crippen LogP contribution in [-0.4, -0.2) is 60.3 Å². The van der Waals surface area contributed by atoms with Gasteiger partial charge in [-0.15, -0.1) is 11.3 Å². The predicted molar refractivity (Wildman–Crippen MR) is 122 cm³/mol. The second kappa shape index (κ2) is 10.6. The van der Waals surface area contributed by atoms with Crippen molar-refractivity contribution in [3.05, 3.63) is 57.8 Å². The first-order chi connectivity index (χ1) is 16.3. The minimum atomic E-state index is -5.08. The van der Waals surface area contributed by atoms with Crippen LogP contribution in [0.3, 0.4) is 0 Å². The van der Waals surface area contributed by atoms with Gasteiger partial charge in [0.05, 0.1) is 12.0 Å². The number of hydrogen-bond acceptors (Lipinski definition) is 7. The molecule has 8 nitrogen and oxygen atoms in total. The average Bonchev–Trinajstić information content (AvgIpc) is 3.32. The number of nitrogens with one attached hydrogen (secondary N) is 1. The fraction of sp³-hybridized carbons (Fsp3) is 0.455. The highest BCUT2D eigenvalue weighted by molar-refractivity contribution is 7.90. The molecular formula is C22H25F3N2O6S2. The summed E-state index contributed by atoms with van der Waals surface area (Å²) in [4.78, 5) is 24.4. The number of amides is 1. The third kappa shape index (κ3) is 7.50. The van der Waals surface area contributed by atoms with Crippen LogP contribution >= 0.6 is 11.3 Å². The molecule has 192 valence electrons. The van der Waals surface area contributed by atoms with E-state index in [4.69, 9.17) is 9.90 Å². The van der Waals surface area contributed by atoms with Crippen LogP contribution in [0.1, 0.15) is 39.8 Å². The van der Waals surface area contributed by atoms with Crippen LogP contribution in [0.4, 0.5) is 13.2 Å². The van der Waals surface area contributed by atoms with Crippen LogP contribution in [0, 0.1) is 0 Å². The molecule has 1 unspecified atom stereocenters. The number of aliphatic carboxylic acids is 1. The molecule has 0 bridgehead atoms. The van der Waals surface area contributed by atoms with Gasteiger partial charge < -0.3 is 10.2 Å². The number of rotatable bonds is 5. The van der Waals surface area contributed by atoms with Gasteiger partial charge in [-0.2, -0.15) is 13.2 Å². The van der Waals surface area contributed by atoms with E-state index in [0.29, 0.717) is 11.3 Å². The van der Waals surface area contributed by atoms with E-state index in [9.17, 15) is 31.5 Å². The monoisotopic (exact) mass is 534 g/mol. The highest BCUT2D eigenvalue weighted by atomic mass is 32.2. The zero-order valence-electron chi connectivity index (χ0n) is 18.5. The van der Waals surface area contributed by atoms with Crippen molar-refractivity contribution in [2.24, 2.45) is 0 Å². The Bertz CT molecular complexity index is 1140. The van der Waals surface area contributed by atoms with Crippen molar-refractivity contribution >= 4 is 33.2 Å². The van der Waals surface area contributed by atoms with E-state index < -0.39 is 38.9 Å². The molecule has 1 atom stereocenters. The van der Waals surface area contributed by atoms with E-state index in [1.54, 1.807) is 0 Å². The van der Waals surface area contributed by atoms with Crippen molar-refractivity contribution in [1.82, 2.24) is 9.62 Å². The Kier molecular flexibility index (Phi) is 8.25. The Labute approximate surface area is 204 Å². The van der Waals surface area contributed by atoms with Gasteiger partial charge in [-0.3, -0.25) is 14.4 Å². The van der Waals surface area contributed by atoms with Gasteiger partial charge in [0.1, 0.15) is 5.25 Å². The Balaban J connectivity index is 0.000000429. The molecule has 1 amide bonds. The van der Waals surface area contributed by atoms with Crippen LogP contribution in [-0.2, 0) is 32.6 Å². The molecule has 1 aromatic heterocycles. The maximum absolute atomic E-state index is 12.0. The topological polar surface area (TPSA) is 124 Å². The molecule has 2 aromatic rings. The number of halogens is 3. The number of carbonyl (C=O) groups excluding carboxylic acids is 1. The fourth-order valence-corrected chi connectivity index (χ4v) is 6.82. The molecule has 13 heteroatoms. The Morgan fingerprint density at radius 2 is 1.74 bits per heavy atom. The Hall–Kier alpha value is -2.48. The SMILES string of the molecule is O=C(O)C(F)(F)F.O=C1CC(c2ccc(CN3CCC(O)(Cc4ccccc4)CC3)s2)S(=O)(=O)N1. The molecule has 2 aliphatic heterocycles. The van der Waals surface area contributed by atoms with Crippen molar-refractivity contribution in [2.75, 3.05) is 13.1 Å². The van der Waals surface area contributed by atoms with E-state index in [2.05, 4.69) is 9.62 Å². The highest BCUT2D eigenvalue weighted by Crippen LogP contribution is 2.35. The van der Waals surface area contributed by atoms with Gasteiger partial charge in [-0.25, -0.2) is 13.2 Å². The van der Waals surface area contributed by atoms with E-state index in [-0.39, 0.29) is 6.42 Å². The number of piperidine rings is 1. The number of sulfonamides is 1.